The zero-order valence-corrected chi connectivity index (χ0v) is 13.4. The van der Waals surface area contributed by atoms with Gasteiger partial charge in [0.15, 0.2) is 0 Å². The van der Waals surface area contributed by atoms with Crippen LogP contribution in [-0.2, 0) is 4.79 Å². The molecule has 0 radical (unpaired) electrons. The van der Waals surface area contributed by atoms with Crippen LogP contribution in [0, 0.1) is 0 Å². The molecule has 0 unspecified atom stereocenters. The molecule has 1 fully saturated rings. The lowest BCUT2D eigenvalue weighted by molar-refractivity contribution is -0.117. The van der Waals surface area contributed by atoms with Gasteiger partial charge < -0.3 is 4.90 Å². The van der Waals surface area contributed by atoms with Gasteiger partial charge in [0.05, 0.1) is 11.4 Å². The lowest BCUT2D eigenvalue weighted by Gasteiger charge is -2.15. The second-order valence-corrected chi connectivity index (χ2v) is 5.55. The zero-order chi connectivity index (χ0) is 16.9. The van der Waals surface area contributed by atoms with Crippen molar-refractivity contribution in [3.63, 3.8) is 0 Å². The minimum absolute atomic E-state index is 0.128. The topological polar surface area (TPSA) is 74.7 Å². The van der Waals surface area contributed by atoms with Gasteiger partial charge in [0.25, 0.3) is 5.91 Å². The summed E-state index contributed by atoms with van der Waals surface area (Å²) >= 11 is 0. The van der Waals surface area contributed by atoms with Crippen LogP contribution in [0.3, 0.4) is 0 Å². The highest BCUT2D eigenvalue weighted by Crippen LogP contribution is 2.21. The van der Waals surface area contributed by atoms with E-state index in [-0.39, 0.29) is 11.8 Å². The standard InChI is InChI=1S/C18H18N4O2/c1-13(16-5-2-3-11-19-16)20-21-18(24)14-7-9-15(10-8-14)22-12-4-6-17(22)23/h2-3,5,7-11H,4,6,12H2,1H3,(H,21,24)/b20-13-. The third-order valence-corrected chi connectivity index (χ3v) is 3.88. The highest BCUT2D eigenvalue weighted by atomic mass is 16.2. The van der Waals surface area contributed by atoms with Crippen LogP contribution in [-0.4, -0.2) is 29.1 Å². The number of hydrogen-bond donors (Lipinski definition) is 1. The number of hydrazone groups is 1. The summed E-state index contributed by atoms with van der Waals surface area (Å²) in [6.07, 6.45) is 3.14. The molecular formula is C18H18N4O2. The number of pyridine rings is 1. The predicted octanol–water partition coefficient (Wildman–Crippen LogP) is 2.36. The van der Waals surface area contributed by atoms with E-state index in [4.69, 9.17) is 0 Å². The van der Waals surface area contributed by atoms with Gasteiger partial charge >= 0.3 is 0 Å². The monoisotopic (exact) mass is 322 g/mol. The van der Waals surface area contributed by atoms with Crippen LogP contribution in [0.15, 0.2) is 53.8 Å². The molecule has 1 aromatic carbocycles. The van der Waals surface area contributed by atoms with Crippen LogP contribution in [0.2, 0.25) is 0 Å². The number of aromatic nitrogens is 1. The molecule has 0 spiro atoms. The van der Waals surface area contributed by atoms with Crippen LogP contribution in [0.1, 0.15) is 35.8 Å². The van der Waals surface area contributed by atoms with E-state index in [9.17, 15) is 9.59 Å². The van der Waals surface area contributed by atoms with E-state index < -0.39 is 0 Å². The van der Waals surface area contributed by atoms with Gasteiger partial charge in [-0.1, -0.05) is 6.07 Å². The van der Waals surface area contributed by atoms with Crippen molar-refractivity contribution < 1.29 is 9.59 Å². The Morgan fingerprint density at radius 2 is 2.00 bits per heavy atom. The molecule has 24 heavy (non-hydrogen) atoms. The Hall–Kier alpha value is -3.02. The Morgan fingerprint density at radius 1 is 1.21 bits per heavy atom. The fraction of sp³-hybridized carbons (Fsp3) is 0.222. The van der Waals surface area contributed by atoms with Crippen molar-refractivity contribution in [3.8, 4) is 0 Å². The van der Waals surface area contributed by atoms with E-state index in [1.54, 1.807) is 42.3 Å². The molecule has 2 amide bonds. The molecule has 1 aromatic heterocycles. The first-order valence-electron chi connectivity index (χ1n) is 7.81. The van der Waals surface area contributed by atoms with E-state index in [2.05, 4.69) is 15.5 Å². The average Bonchev–Trinajstić information content (AvgIpc) is 3.06. The fourth-order valence-electron chi connectivity index (χ4n) is 2.55. The molecule has 2 heterocycles. The molecule has 2 aromatic rings. The summed E-state index contributed by atoms with van der Waals surface area (Å²) < 4.78 is 0. The maximum atomic E-state index is 12.2. The molecule has 0 aliphatic carbocycles. The van der Waals surface area contributed by atoms with Gasteiger partial charge in [0.1, 0.15) is 0 Å². The number of nitrogens with one attached hydrogen (secondary N) is 1. The maximum Gasteiger partial charge on any atom is 0.271 e. The SMILES string of the molecule is C/C(=N/NC(=O)c1ccc(N2CCCC2=O)cc1)c1ccccn1. The van der Waals surface area contributed by atoms with E-state index in [1.165, 1.54) is 0 Å². The first-order chi connectivity index (χ1) is 11.6. The first kappa shape index (κ1) is 15.9. The van der Waals surface area contributed by atoms with Crippen molar-refractivity contribution in [3.05, 3.63) is 59.9 Å². The predicted molar refractivity (Wildman–Crippen MR) is 91.9 cm³/mol. The van der Waals surface area contributed by atoms with Gasteiger partial charge in [-0.05, 0) is 49.7 Å². The van der Waals surface area contributed by atoms with Crippen molar-refractivity contribution in [2.75, 3.05) is 11.4 Å². The van der Waals surface area contributed by atoms with E-state index in [0.717, 1.165) is 18.7 Å². The molecule has 1 aliphatic rings. The third-order valence-electron chi connectivity index (χ3n) is 3.88. The molecule has 6 nitrogen and oxygen atoms in total. The molecular weight excluding hydrogens is 304 g/mol. The van der Waals surface area contributed by atoms with Crippen LogP contribution >= 0.6 is 0 Å². The van der Waals surface area contributed by atoms with Crippen molar-refractivity contribution in [1.29, 1.82) is 0 Å². The molecule has 6 heteroatoms. The normalized spacial score (nSPS) is 14.8. The summed E-state index contributed by atoms with van der Waals surface area (Å²) in [6.45, 7) is 2.52. The smallest absolute Gasteiger partial charge is 0.271 e. The van der Waals surface area contributed by atoms with Crippen molar-refractivity contribution in [2.45, 2.75) is 19.8 Å². The van der Waals surface area contributed by atoms with Gasteiger partial charge in [0, 0.05) is 30.4 Å². The molecule has 0 atom stereocenters. The largest absolute Gasteiger partial charge is 0.312 e. The summed E-state index contributed by atoms with van der Waals surface area (Å²) in [5.41, 5.74) is 5.17. The van der Waals surface area contributed by atoms with Crippen LogP contribution in [0.4, 0.5) is 5.69 Å². The van der Waals surface area contributed by atoms with Gasteiger partial charge in [-0.2, -0.15) is 5.10 Å². The minimum atomic E-state index is -0.301. The van der Waals surface area contributed by atoms with Gasteiger partial charge in [-0.25, -0.2) is 5.43 Å². The second kappa shape index (κ2) is 7.04. The highest BCUT2D eigenvalue weighted by Gasteiger charge is 2.21. The van der Waals surface area contributed by atoms with Gasteiger partial charge in [0.2, 0.25) is 5.91 Å². The summed E-state index contributed by atoms with van der Waals surface area (Å²) in [6, 6.07) is 12.5. The lowest BCUT2D eigenvalue weighted by Crippen LogP contribution is -2.24. The summed E-state index contributed by atoms with van der Waals surface area (Å²) in [7, 11) is 0. The van der Waals surface area contributed by atoms with Crippen molar-refractivity contribution in [1.82, 2.24) is 10.4 Å². The maximum absolute atomic E-state index is 12.2. The number of anilines is 1. The quantitative estimate of drug-likeness (QED) is 0.693. The number of rotatable bonds is 4. The van der Waals surface area contributed by atoms with Crippen molar-refractivity contribution in [2.24, 2.45) is 5.10 Å². The Labute approximate surface area is 140 Å². The van der Waals surface area contributed by atoms with Gasteiger partial charge in [-0.3, -0.25) is 14.6 Å². The number of carbonyl (C=O) groups excluding carboxylic acids is 2. The molecule has 1 N–H and O–H groups in total. The molecule has 3 rings (SSSR count). The Bertz CT molecular complexity index is 769. The minimum Gasteiger partial charge on any atom is -0.312 e. The molecule has 1 saturated heterocycles. The Kier molecular flexibility index (Phi) is 4.65. The number of nitrogens with zero attached hydrogens (tertiary/aromatic N) is 3. The molecule has 0 bridgehead atoms. The molecule has 122 valence electrons. The second-order valence-electron chi connectivity index (χ2n) is 5.55. The highest BCUT2D eigenvalue weighted by molar-refractivity contribution is 6.00. The van der Waals surface area contributed by atoms with Crippen LogP contribution < -0.4 is 10.3 Å². The number of benzene rings is 1. The van der Waals surface area contributed by atoms with Crippen molar-refractivity contribution >= 4 is 23.2 Å². The fourth-order valence-corrected chi connectivity index (χ4v) is 2.55. The zero-order valence-electron chi connectivity index (χ0n) is 13.4. The van der Waals surface area contributed by atoms with E-state index in [1.807, 2.05) is 18.2 Å². The number of carbonyl (C=O) groups is 2. The average molecular weight is 322 g/mol. The van der Waals surface area contributed by atoms with E-state index in [0.29, 0.717) is 23.4 Å². The number of hydrogen-bond acceptors (Lipinski definition) is 4. The lowest BCUT2D eigenvalue weighted by atomic mass is 10.2. The first-order valence-corrected chi connectivity index (χ1v) is 7.81. The summed E-state index contributed by atoms with van der Waals surface area (Å²) in [5.74, 6) is -0.174. The third kappa shape index (κ3) is 3.48. The summed E-state index contributed by atoms with van der Waals surface area (Å²) in [4.78, 5) is 29.8. The molecule has 1 aliphatic heterocycles. The van der Waals surface area contributed by atoms with Crippen LogP contribution in [0.5, 0.6) is 0 Å². The van der Waals surface area contributed by atoms with E-state index >= 15 is 0 Å². The number of amides is 2. The Balaban J connectivity index is 1.66. The Morgan fingerprint density at radius 3 is 2.62 bits per heavy atom. The van der Waals surface area contributed by atoms with Crippen LogP contribution in [0.25, 0.3) is 0 Å². The van der Waals surface area contributed by atoms with Gasteiger partial charge in [-0.15, -0.1) is 0 Å². The molecule has 0 saturated carbocycles. The summed E-state index contributed by atoms with van der Waals surface area (Å²) in [5, 5.41) is 4.07.